The molecule has 0 radical (unpaired) electrons. The molecule has 27 heteroatoms. The number of aromatic nitrogens is 8. The highest BCUT2D eigenvalue weighted by atomic mass is 32.2. The molecule has 0 atom stereocenters. The number of likely N-dealkylation sites (N-methyl/N-ethyl adjacent to an activating group) is 3. The molecule has 6 aromatic carbocycles. The van der Waals surface area contributed by atoms with Crippen LogP contribution < -0.4 is 46.1 Å². The van der Waals surface area contributed by atoms with Crippen molar-refractivity contribution < 1.29 is 33.7 Å². The van der Waals surface area contributed by atoms with Gasteiger partial charge in [-0.25, -0.2) is 19.6 Å². The van der Waals surface area contributed by atoms with Gasteiger partial charge < -0.3 is 65.9 Å². The average molecular weight is 1460 g/mol. The molecule has 538 valence electrons. The Bertz CT molecular complexity index is 4500. The lowest BCUT2D eigenvalue weighted by molar-refractivity contribution is 0.0992. The molecule has 10 aromatic rings. The van der Waals surface area contributed by atoms with Crippen LogP contribution in [-0.4, -0.2) is 177 Å². The Morgan fingerprint density at radius 3 is 1.13 bits per heavy atom. The molecule has 7 N–H and O–H groups in total. The van der Waals surface area contributed by atoms with Crippen molar-refractivity contribution in [3.8, 4) is 23.3 Å². The summed E-state index contributed by atoms with van der Waals surface area (Å²) in [6.07, 6.45) is 12.9. The Kier molecular flexibility index (Phi) is 25.4. The predicted octanol–water partition coefficient (Wildman–Crippen LogP) is 9.80. The van der Waals surface area contributed by atoms with E-state index in [1.807, 2.05) is 114 Å². The molecule has 3 aliphatic heterocycles. The van der Waals surface area contributed by atoms with E-state index in [0.717, 1.165) is 148 Å². The number of aliphatic hydroxyl groups excluding tert-OH is 1. The summed E-state index contributed by atoms with van der Waals surface area (Å²) >= 11 is 4.46. The molecule has 4 aromatic heterocycles. The Balaban J connectivity index is 0.000000147. The van der Waals surface area contributed by atoms with Gasteiger partial charge in [0.05, 0.1) is 45.6 Å². The molecule has 4 aliphatic rings. The molecule has 0 bridgehead atoms. The lowest BCUT2D eigenvalue weighted by atomic mass is 10.1. The number of ether oxygens (including phenoxy) is 3. The molecule has 14 rings (SSSR count). The summed E-state index contributed by atoms with van der Waals surface area (Å²) in [5, 5.41) is 13.7. The van der Waals surface area contributed by atoms with Gasteiger partial charge in [-0.3, -0.25) is 14.4 Å². The van der Waals surface area contributed by atoms with Crippen LogP contribution in [0.1, 0.15) is 71.7 Å². The summed E-state index contributed by atoms with van der Waals surface area (Å²) in [4.78, 5) is 81.1. The number of nitrogens with two attached hydrogens (primary N) is 3. The number of anilines is 3. The fourth-order valence-corrected chi connectivity index (χ4v) is 13.9. The lowest BCUT2D eigenvalue weighted by Gasteiger charge is -2.32. The first kappa shape index (κ1) is 73.6. The van der Waals surface area contributed by atoms with Crippen LogP contribution >= 0.6 is 35.3 Å². The van der Waals surface area contributed by atoms with Crippen LogP contribution in [0.2, 0.25) is 0 Å². The zero-order valence-electron chi connectivity index (χ0n) is 58.4. The van der Waals surface area contributed by atoms with Gasteiger partial charge in [-0.2, -0.15) is 20.1 Å². The number of nitrogens with zero attached hydrogens (tertiary/aromatic N) is 14. The van der Waals surface area contributed by atoms with Crippen LogP contribution in [0.4, 0.5) is 17.8 Å². The minimum atomic E-state index is -0.458. The number of aliphatic hydroxyl groups is 1. The van der Waals surface area contributed by atoms with Gasteiger partial charge in [-0.1, -0.05) is 95.9 Å². The third-order valence-corrected chi connectivity index (χ3v) is 20.8. The number of piperazine rings is 3. The van der Waals surface area contributed by atoms with E-state index in [2.05, 4.69) is 94.9 Å². The van der Waals surface area contributed by atoms with Gasteiger partial charge in [0.15, 0.2) is 0 Å². The molecule has 0 spiro atoms. The SMILES string of the molecule is CN1CCN(c2ncc(Sc3ccc(C(N)=O)cc3)c(OCc3cccc(-n4cccn4)c3)n2)CC1.CN1CCN(c2ncc(Sc3ccc(C(N)=O)cc3)c(OCc3cccc(CC4CC4)c3)n2)CC1.CN1CCN(c2ncc(Sc3ccc(C(N)=O)cc3)c(OCc3cccc(CO)c3)n2)CC1. The predicted molar refractivity (Wildman–Crippen MR) is 404 cm³/mol. The summed E-state index contributed by atoms with van der Waals surface area (Å²) in [6.45, 7) is 12.1. The maximum absolute atomic E-state index is 11.4. The van der Waals surface area contributed by atoms with E-state index in [1.54, 1.807) is 48.8 Å². The van der Waals surface area contributed by atoms with Crippen LogP contribution in [0.15, 0.2) is 212 Å². The van der Waals surface area contributed by atoms with Crippen molar-refractivity contribution in [3.63, 3.8) is 0 Å². The van der Waals surface area contributed by atoms with Gasteiger partial charge in [0, 0.05) is 122 Å². The zero-order chi connectivity index (χ0) is 72.3. The maximum atomic E-state index is 11.4. The van der Waals surface area contributed by atoms with Crippen LogP contribution in [0.3, 0.4) is 0 Å². The van der Waals surface area contributed by atoms with E-state index in [0.29, 0.717) is 72.0 Å². The average Bonchev–Trinajstić information content (AvgIpc) is 1.14. The number of hydrogen-bond acceptors (Lipinski definition) is 23. The highest BCUT2D eigenvalue weighted by Gasteiger charge is 2.25. The molecule has 3 amide bonds. The molecule has 24 nitrogen and oxygen atoms in total. The van der Waals surface area contributed by atoms with Crippen molar-refractivity contribution in [2.75, 3.05) is 114 Å². The quantitative estimate of drug-likeness (QED) is 0.0414. The number of carbonyl (C=O) groups is 3. The topological polar surface area (TPSA) is 292 Å². The number of primary amides is 3. The highest BCUT2D eigenvalue weighted by Crippen LogP contribution is 2.39. The van der Waals surface area contributed by atoms with E-state index in [1.165, 1.54) is 53.7 Å². The minimum absolute atomic E-state index is 0.0166. The summed E-state index contributed by atoms with van der Waals surface area (Å²) in [7, 11) is 6.36. The first-order valence-corrected chi connectivity index (χ1v) is 36.9. The fourth-order valence-electron chi connectivity index (χ4n) is 11.5. The van der Waals surface area contributed by atoms with Crippen molar-refractivity contribution in [2.45, 2.75) is 75.1 Å². The number of rotatable bonds is 25. The Hall–Kier alpha value is -10.1. The lowest BCUT2D eigenvalue weighted by Crippen LogP contribution is -2.45. The standard InChI is InChI=1S/C27H31N5O2S.C26H27N7O2S.C24H27N5O3S/c1-31-11-13-32(14-12-31)27-29-17-24(35-23-9-7-22(8-10-23)25(28)33)26(30-27)34-18-21-4-2-3-20(16-21)15-19-5-6-19;1-31-12-14-32(15-13-31)26-28-17-23(36-22-8-6-20(7-9-22)24(27)34)25(30-26)35-18-19-4-2-5-21(16-19)33-11-3-10-29-33;1-28-9-11-29(12-10-28)24-26-14-21(33-20-7-5-19(6-8-20)22(25)31)23(27-24)32-16-18-4-2-3-17(13-18)15-30/h2-4,7-10,16-17,19H,5-6,11-15,18H2,1H3,(H2,28,33);2-11,16-17H,12-15,18H2,1H3,(H2,27,34);2-8,13-14,30H,9-12,15-16H2,1H3,(H2,25,31). The third kappa shape index (κ3) is 21.0. The Morgan fingerprint density at radius 2 is 0.788 bits per heavy atom. The second kappa shape index (κ2) is 35.8. The monoisotopic (exact) mass is 1460 g/mol. The van der Waals surface area contributed by atoms with Crippen LogP contribution in [-0.2, 0) is 32.8 Å². The van der Waals surface area contributed by atoms with Crippen LogP contribution in [0.25, 0.3) is 5.69 Å². The Labute approximate surface area is 618 Å². The van der Waals surface area contributed by atoms with Crippen LogP contribution in [0.5, 0.6) is 17.6 Å². The molecule has 104 heavy (non-hydrogen) atoms. The molecule has 1 saturated carbocycles. The van der Waals surface area contributed by atoms with Gasteiger partial charge in [0.1, 0.15) is 19.8 Å². The molecule has 1 aliphatic carbocycles. The Morgan fingerprint density at radius 1 is 0.442 bits per heavy atom. The summed E-state index contributed by atoms with van der Waals surface area (Å²) in [5.41, 5.74) is 23.8. The maximum Gasteiger partial charge on any atom is 0.248 e. The second-order valence-corrected chi connectivity index (χ2v) is 29.1. The van der Waals surface area contributed by atoms with E-state index >= 15 is 0 Å². The first-order valence-electron chi connectivity index (χ1n) is 34.5. The highest BCUT2D eigenvalue weighted by molar-refractivity contribution is 8.00. The van der Waals surface area contributed by atoms with Gasteiger partial charge in [-0.05, 0) is 165 Å². The number of amides is 3. The van der Waals surface area contributed by atoms with Gasteiger partial charge in [-0.15, -0.1) is 0 Å². The van der Waals surface area contributed by atoms with Gasteiger partial charge >= 0.3 is 0 Å². The largest absolute Gasteiger partial charge is 0.472 e. The summed E-state index contributed by atoms with van der Waals surface area (Å²) < 4.78 is 20.5. The van der Waals surface area contributed by atoms with Crippen molar-refractivity contribution in [1.82, 2.24) is 54.4 Å². The van der Waals surface area contributed by atoms with Crippen molar-refractivity contribution in [2.24, 2.45) is 23.1 Å². The third-order valence-electron chi connectivity index (χ3n) is 17.8. The summed E-state index contributed by atoms with van der Waals surface area (Å²) in [6, 6.07) is 47.7. The fraction of sp³-hybridized carbons (Fsp3) is 0.299. The number of hydrogen-bond donors (Lipinski definition) is 4. The zero-order valence-corrected chi connectivity index (χ0v) is 60.9. The molecule has 0 unspecified atom stereocenters. The summed E-state index contributed by atoms with van der Waals surface area (Å²) in [5.74, 6) is 3.11. The van der Waals surface area contributed by atoms with E-state index in [9.17, 15) is 19.5 Å². The van der Waals surface area contributed by atoms with Gasteiger partial charge in [0.2, 0.25) is 53.2 Å². The second-order valence-electron chi connectivity index (χ2n) is 25.8. The molecular weight excluding hydrogens is 1370 g/mol. The van der Waals surface area contributed by atoms with Gasteiger partial charge in [0.25, 0.3) is 0 Å². The first-order chi connectivity index (χ1) is 50.6. The normalized spacial score (nSPS) is 14.9. The molecule has 4 fully saturated rings. The molecule has 7 heterocycles. The smallest absolute Gasteiger partial charge is 0.248 e. The van der Waals surface area contributed by atoms with Crippen molar-refractivity contribution >= 4 is 70.9 Å². The van der Waals surface area contributed by atoms with Crippen LogP contribution in [0, 0.1) is 5.92 Å². The molecular formula is C77H85N17O7S3. The van der Waals surface area contributed by atoms with E-state index in [4.69, 9.17) is 46.4 Å². The minimum Gasteiger partial charge on any atom is -0.472 e. The van der Waals surface area contributed by atoms with E-state index in [-0.39, 0.29) is 6.61 Å². The van der Waals surface area contributed by atoms with E-state index < -0.39 is 17.7 Å². The molecule has 3 saturated heterocycles. The van der Waals surface area contributed by atoms with Crippen molar-refractivity contribution in [3.05, 3.63) is 227 Å². The number of carbonyl (C=O) groups excluding carboxylic acids is 3. The van der Waals surface area contributed by atoms with Crippen molar-refractivity contribution in [1.29, 1.82) is 0 Å². The number of benzene rings is 6.